The Morgan fingerprint density at radius 3 is 2.55 bits per heavy atom. The van der Waals surface area contributed by atoms with Crippen molar-refractivity contribution in [3.8, 4) is 0 Å². The van der Waals surface area contributed by atoms with E-state index >= 15 is 0 Å². The van der Waals surface area contributed by atoms with Crippen LogP contribution in [0.25, 0.3) is 0 Å². The lowest BCUT2D eigenvalue weighted by Gasteiger charge is -2.32. The minimum atomic E-state index is -0.289. The molecule has 1 aromatic heterocycles. The SMILES string of the molecule is O=C(NC1CCN(Cc2ccccc2)CC1)c1cc(=O)[nH][nH]1. The van der Waals surface area contributed by atoms with Crippen molar-refractivity contribution < 1.29 is 4.79 Å². The van der Waals surface area contributed by atoms with Crippen LogP contribution in [0.4, 0.5) is 0 Å². The summed E-state index contributed by atoms with van der Waals surface area (Å²) in [6, 6.07) is 11.8. The predicted octanol–water partition coefficient (Wildman–Crippen LogP) is 1.10. The number of piperidine rings is 1. The van der Waals surface area contributed by atoms with Crippen molar-refractivity contribution in [3.05, 3.63) is 58.0 Å². The maximum atomic E-state index is 12.0. The Hall–Kier alpha value is -2.34. The van der Waals surface area contributed by atoms with Crippen molar-refractivity contribution in [1.29, 1.82) is 0 Å². The molecule has 6 heteroatoms. The Morgan fingerprint density at radius 1 is 1.18 bits per heavy atom. The highest BCUT2D eigenvalue weighted by molar-refractivity contribution is 5.92. The predicted molar refractivity (Wildman–Crippen MR) is 83.6 cm³/mol. The first-order chi connectivity index (χ1) is 10.7. The maximum Gasteiger partial charge on any atom is 0.269 e. The van der Waals surface area contributed by atoms with Gasteiger partial charge in [0, 0.05) is 31.7 Å². The fraction of sp³-hybridized carbons (Fsp3) is 0.375. The fourth-order valence-corrected chi connectivity index (χ4v) is 2.79. The number of carbonyl (C=O) groups excluding carboxylic acids is 1. The zero-order chi connectivity index (χ0) is 15.4. The third kappa shape index (κ3) is 3.65. The lowest BCUT2D eigenvalue weighted by atomic mass is 10.0. The number of rotatable bonds is 4. The van der Waals surface area contributed by atoms with Crippen LogP contribution in [0.2, 0.25) is 0 Å². The van der Waals surface area contributed by atoms with Crippen LogP contribution in [0, 0.1) is 0 Å². The lowest BCUT2D eigenvalue weighted by molar-refractivity contribution is 0.0904. The average Bonchev–Trinajstić information content (AvgIpc) is 2.97. The second-order valence-electron chi connectivity index (χ2n) is 5.68. The van der Waals surface area contributed by atoms with E-state index in [1.54, 1.807) is 0 Å². The summed E-state index contributed by atoms with van der Waals surface area (Å²) in [5.74, 6) is -0.222. The van der Waals surface area contributed by atoms with Gasteiger partial charge in [-0.25, -0.2) is 0 Å². The number of aromatic amines is 2. The van der Waals surface area contributed by atoms with Crippen LogP contribution in [-0.2, 0) is 6.54 Å². The molecule has 2 aromatic rings. The zero-order valence-corrected chi connectivity index (χ0v) is 12.3. The number of H-pyrrole nitrogens is 2. The average molecular weight is 300 g/mol. The second kappa shape index (κ2) is 6.62. The van der Waals surface area contributed by atoms with Gasteiger partial charge in [0.1, 0.15) is 5.69 Å². The number of amides is 1. The van der Waals surface area contributed by atoms with E-state index < -0.39 is 0 Å². The van der Waals surface area contributed by atoms with E-state index in [2.05, 4.69) is 44.7 Å². The molecule has 6 nitrogen and oxygen atoms in total. The van der Waals surface area contributed by atoms with Crippen molar-refractivity contribution in [2.45, 2.75) is 25.4 Å². The van der Waals surface area contributed by atoms with Gasteiger partial charge in [0.05, 0.1) is 0 Å². The Morgan fingerprint density at radius 2 is 1.91 bits per heavy atom. The highest BCUT2D eigenvalue weighted by atomic mass is 16.2. The summed E-state index contributed by atoms with van der Waals surface area (Å²) in [6.45, 7) is 2.87. The summed E-state index contributed by atoms with van der Waals surface area (Å²) < 4.78 is 0. The van der Waals surface area contributed by atoms with E-state index in [1.807, 2.05) is 6.07 Å². The first-order valence-electron chi connectivity index (χ1n) is 7.55. The van der Waals surface area contributed by atoms with Crippen molar-refractivity contribution in [1.82, 2.24) is 20.4 Å². The highest BCUT2D eigenvalue weighted by Crippen LogP contribution is 2.14. The number of likely N-dealkylation sites (tertiary alicyclic amines) is 1. The molecule has 0 saturated carbocycles. The van der Waals surface area contributed by atoms with Gasteiger partial charge in [-0.3, -0.25) is 24.7 Å². The van der Waals surface area contributed by atoms with Crippen LogP contribution < -0.4 is 10.9 Å². The molecule has 3 N–H and O–H groups in total. The van der Waals surface area contributed by atoms with Gasteiger partial charge in [0.25, 0.3) is 11.5 Å². The van der Waals surface area contributed by atoms with Crippen molar-refractivity contribution in [2.75, 3.05) is 13.1 Å². The molecule has 3 rings (SSSR count). The van der Waals surface area contributed by atoms with E-state index in [0.717, 1.165) is 32.5 Å². The summed E-state index contributed by atoms with van der Waals surface area (Å²) in [4.78, 5) is 25.4. The van der Waals surface area contributed by atoms with E-state index in [1.165, 1.54) is 11.6 Å². The number of hydrogen-bond acceptors (Lipinski definition) is 3. The monoisotopic (exact) mass is 300 g/mol. The lowest BCUT2D eigenvalue weighted by Crippen LogP contribution is -2.44. The van der Waals surface area contributed by atoms with Gasteiger partial charge in [0.15, 0.2) is 0 Å². The third-order valence-electron chi connectivity index (χ3n) is 4.01. The molecule has 0 radical (unpaired) electrons. The first-order valence-corrected chi connectivity index (χ1v) is 7.55. The van der Waals surface area contributed by atoms with Gasteiger partial charge in [-0.05, 0) is 18.4 Å². The normalized spacial score (nSPS) is 16.5. The number of carbonyl (C=O) groups is 1. The van der Waals surface area contributed by atoms with Gasteiger partial charge in [0.2, 0.25) is 0 Å². The Kier molecular flexibility index (Phi) is 4.39. The molecule has 0 spiro atoms. The Bertz CT molecular complexity index is 669. The number of nitrogens with zero attached hydrogens (tertiary/aromatic N) is 1. The molecule has 0 aliphatic carbocycles. The molecule has 22 heavy (non-hydrogen) atoms. The number of aromatic nitrogens is 2. The standard InChI is InChI=1S/C16H20N4O2/c21-15-10-14(18-19-15)16(22)17-13-6-8-20(9-7-13)11-12-4-2-1-3-5-12/h1-5,10,13H,6-9,11H2,(H,17,22)(H2,18,19,21). The van der Waals surface area contributed by atoms with Crippen LogP contribution in [0.1, 0.15) is 28.9 Å². The van der Waals surface area contributed by atoms with Crippen LogP contribution in [0.3, 0.4) is 0 Å². The summed E-state index contributed by atoms with van der Waals surface area (Å²) in [5, 5.41) is 7.92. The quantitative estimate of drug-likeness (QED) is 0.791. The first kappa shape index (κ1) is 14.6. The molecule has 1 saturated heterocycles. The summed E-state index contributed by atoms with van der Waals surface area (Å²) in [5.41, 5.74) is 1.31. The largest absolute Gasteiger partial charge is 0.348 e. The fourth-order valence-electron chi connectivity index (χ4n) is 2.79. The zero-order valence-electron chi connectivity index (χ0n) is 12.3. The number of benzene rings is 1. The molecule has 1 aromatic carbocycles. The Balaban J connectivity index is 1.47. The van der Waals surface area contributed by atoms with E-state index in [0.29, 0.717) is 0 Å². The molecule has 2 heterocycles. The summed E-state index contributed by atoms with van der Waals surface area (Å²) in [7, 11) is 0. The van der Waals surface area contributed by atoms with Gasteiger partial charge >= 0.3 is 0 Å². The smallest absolute Gasteiger partial charge is 0.269 e. The summed E-state index contributed by atoms with van der Waals surface area (Å²) >= 11 is 0. The molecule has 1 aliphatic heterocycles. The topological polar surface area (TPSA) is 81.0 Å². The molecule has 0 atom stereocenters. The molecule has 1 aliphatic rings. The molecule has 116 valence electrons. The number of nitrogens with one attached hydrogen (secondary N) is 3. The van der Waals surface area contributed by atoms with Crippen LogP contribution in [0.15, 0.2) is 41.2 Å². The molecule has 1 amide bonds. The van der Waals surface area contributed by atoms with Crippen LogP contribution in [-0.4, -0.2) is 40.1 Å². The van der Waals surface area contributed by atoms with Crippen LogP contribution >= 0.6 is 0 Å². The van der Waals surface area contributed by atoms with Crippen molar-refractivity contribution >= 4 is 5.91 Å². The minimum absolute atomic E-state index is 0.165. The van der Waals surface area contributed by atoms with Gasteiger partial charge < -0.3 is 5.32 Å². The van der Waals surface area contributed by atoms with E-state index in [4.69, 9.17) is 0 Å². The summed E-state index contributed by atoms with van der Waals surface area (Å²) in [6.07, 6.45) is 1.85. The Labute approximate surface area is 128 Å². The highest BCUT2D eigenvalue weighted by Gasteiger charge is 2.21. The van der Waals surface area contributed by atoms with Crippen molar-refractivity contribution in [2.24, 2.45) is 0 Å². The van der Waals surface area contributed by atoms with E-state index in [-0.39, 0.29) is 23.2 Å². The minimum Gasteiger partial charge on any atom is -0.348 e. The number of hydrogen-bond donors (Lipinski definition) is 3. The molecular formula is C16H20N4O2. The molecule has 0 unspecified atom stereocenters. The van der Waals surface area contributed by atoms with Gasteiger partial charge in [-0.2, -0.15) is 0 Å². The second-order valence-corrected chi connectivity index (χ2v) is 5.68. The van der Waals surface area contributed by atoms with Gasteiger partial charge in [-0.1, -0.05) is 30.3 Å². The van der Waals surface area contributed by atoms with Gasteiger partial charge in [-0.15, -0.1) is 0 Å². The third-order valence-corrected chi connectivity index (χ3v) is 4.01. The molecule has 0 bridgehead atoms. The van der Waals surface area contributed by atoms with E-state index in [9.17, 15) is 9.59 Å². The maximum absolute atomic E-state index is 12.0. The van der Waals surface area contributed by atoms with Crippen LogP contribution in [0.5, 0.6) is 0 Å². The molecule has 1 fully saturated rings. The molecular weight excluding hydrogens is 280 g/mol. The van der Waals surface area contributed by atoms with Crippen molar-refractivity contribution in [3.63, 3.8) is 0 Å².